The third-order valence-corrected chi connectivity index (χ3v) is 7.45. The number of pyridine rings is 1. The minimum atomic E-state index is -0.0780. The number of amides is 1. The van der Waals surface area contributed by atoms with Gasteiger partial charge < -0.3 is 5.32 Å². The van der Waals surface area contributed by atoms with E-state index in [0.717, 1.165) is 36.6 Å². The Morgan fingerprint density at radius 3 is 3.13 bits per heavy atom. The minimum absolute atomic E-state index is 0.0780. The number of aromatic nitrogens is 3. The molecular weight excluding hydrogens is 408 g/mol. The summed E-state index contributed by atoms with van der Waals surface area (Å²) in [6, 6.07) is 6.65. The van der Waals surface area contributed by atoms with E-state index >= 15 is 0 Å². The molecule has 4 heterocycles. The largest absolute Gasteiger partial charge is 0.339 e. The Hall–Kier alpha value is -2.55. The molecule has 1 aliphatic heterocycles. The molecule has 2 aliphatic rings. The maximum Gasteiger partial charge on any atom is 0.253 e. The van der Waals surface area contributed by atoms with Gasteiger partial charge in [-0.05, 0) is 56.4 Å². The van der Waals surface area contributed by atoms with E-state index in [0.29, 0.717) is 18.3 Å². The second-order valence-electron chi connectivity index (χ2n) is 8.58. The lowest BCUT2D eigenvalue weighted by atomic mass is 9.93. The van der Waals surface area contributed by atoms with Crippen molar-refractivity contribution in [1.82, 2.24) is 30.1 Å². The van der Waals surface area contributed by atoms with Crippen LogP contribution in [0.15, 0.2) is 48.4 Å². The summed E-state index contributed by atoms with van der Waals surface area (Å²) in [6.45, 7) is 4.41. The summed E-state index contributed by atoms with van der Waals surface area (Å²) in [4.78, 5) is 23.7. The van der Waals surface area contributed by atoms with Crippen LogP contribution in [0.25, 0.3) is 5.13 Å². The predicted octanol–water partition coefficient (Wildman–Crippen LogP) is 3.11. The monoisotopic (exact) mass is 436 g/mol. The first-order chi connectivity index (χ1) is 15.1. The van der Waals surface area contributed by atoms with E-state index in [4.69, 9.17) is 0 Å². The molecule has 2 N–H and O–H groups in total. The summed E-state index contributed by atoms with van der Waals surface area (Å²) >= 11 is 1.66. The van der Waals surface area contributed by atoms with Crippen LogP contribution in [0.3, 0.4) is 0 Å². The van der Waals surface area contributed by atoms with Crippen molar-refractivity contribution in [2.24, 2.45) is 0 Å². The molecule has 0 radical (unpaired) electrons. The summed E-state index contributed by atoms with van der Waals surface area (Å²) in [7, 11) is 0. The molecule has 2 atom stereocenters. The Morgan fingerprint density at radius 1 is 1.35 bits per heavy atom. The van der Waals surface area contributed by atoms with Gasteiger partial charge in [-0.1, -0.05) is 0 Å². The fourth-order valence-corrected chi connectivity index (χ4v) is 5.87. The summed E-state index contributed by atoms with van der Waals surface area (Å²) in [5, 5.41) is 9.77. The van der Waals surface area contributed by atoms with Gasteiger partial charge in [0.15, 0.2) is 5.13 Å². The van der Waals surface area contributed by atoms with E-state index in [1.54, 1.807) is 23.7 Å². The Labute approximate surface area is 186 Å². The molecule has 8 heteroatoms. The number of aryl methyl sites for hydroxylation is 1. The van der Waals surface area contributed by atoms with Crippen molar-refractivity contribution < 1.29 is 4.79 Å². The Morgan fingerprint density at radius 2 is 2.29 bits per heavy atom. The first-order valence-electron chi connectivity index (χ1n) is 10.9. The van der Waals surface area contributed by atoms with Crippen LogP contribution >= 0.6 is 11.3 Å². The number of carbonyl (C=O) groups excluding carboxylic acids is 1. The van der Waals surface area contributed by atoms with Crippen molar-refractivity contribution in [3.63, 3.8) is 0 Å². The zero-order valence-electron chi connectivity index (χ0n) is 17.8. The Kier molecular flexibility index (Phi) is 5.60. The predicted molar refractivity (Wildman–Crippen MR) is 121 cm³/mol. The molecule has 31 heavy (non-hydrogen) atoms. The van der Waals surface area contributed by atoms with Gasteiger partial charge in [-0.3, -0.25) is 24.6 Å². The third-order valence-electron chi connectivity index (χ3n) is 6.67. The highest BCUT2D eigenvalue weighted by Crippen LogP contribution is 2.42. The zero-order valence-corrected chi connectivity index (χ0v) is 18.6. The van der Waals surface area contributed by atoms with Gasteiger partial charge in [0.2, 0.25) is 0 Å². The van der Waals surface area contributed by atoms with Gasteiger partial charge in [0, 0.05) is 60.5 Å². The second kappa shape index (κ2) is 8.53. The Balaban J connectivity index is 1.22. The standard InChI is InChI=1S/C23H28N6OS/c1-17-12-18(14-24-13-17)21(30)26-16-27-23-6-2-5-20(23)28(10-7-23)15-19-4-3-9-29(19)22-25-8-11-31-22/h3-4,8-9,11-14,20,27H,2,5-7,10,15-16H2,1H3,(H,26,30). The van der Waals surface area contributed by atoms with Crippen LogP contribution < -0.4 is 10.6 Å². The van der Waals surface area contributed by atoms with Gasteiger partial charge in [0.05, 0.1) is 12.2 Å². The second-order valence-corrected chi connectivity index (χ2v) is 9.45. The minimum Gasteiger partial charge on any atom is -0.339 e. The van der Waals surface area contributed by atoms with Crippen molar-refractivity contribution in [1.29, 1.82) is 0 Å². The molecule has 162 valence electrons. The van der Waals surface area contributed by atoms with Crippen LogP contribution in [-0.4, -0.2) is 50.1 Å². The summed E-state index contributed by atoms with van der Waals surface area (Å²) in [6.07, 6.45) is 12.0. The average Bonchev–Trinajstić information content (AvgIpc) is 3.54. The lowest BCUT2D eigenvalue weighted by Gasteiger charge is -2.34. The van der Waals surface area contributed by atoms with Crippen molar-refractivity contribution in [2.45, 2.75) is 50.7 Å². The summed E-state index contributed by atoms with van der Waals surface area (Å²) < 4.78 is 2.20. The van der Waals surface area contributed by atoms with Crippen LogP contribution in [0.4, 0.5) is 0 Å². The molecular formula is C23H28N6OS. The highest BCUT2D eigenvalue weighted by Gasteiger charge is 2.49. The number of hydrogen-bond acceptors (Lipinski definition) is 6. The van der Waals surface area contributed by atoms with Gasteiger partial charge in [0.1, 0.15) is 0 Å². The molecule has 3 aromatic rings. The highest BCUT2D eigenvalue weighted by molar-refractivity contribution is 7.12. The zero-order chi connectivity index (χ0) is 21.3. The van der Waals surface area contributed by atoms with Gasteiger partial charge in [-0.15, -0.1) is 11.3 Å². The van der Waals surface area contributed by atoms with E-state index in [1.807, 2.05) is 24.6 Å². The first-order valence-corrected chi connectivity index (χ1v) is 11.8. The number of carbonyl (C=O) groups is 1. The quantitative estimate of drug-likeness (QED) is 0.557. The van der Waals surface area contributed by atoms with Crippen LogP contribution in [0, 0.1) is 6.92 Å². The molecule has 1 amide bonds. The average molecular weight is 437 g/mol. The fourth-order valence-electron chi connectivity index (χ4n) is 5.22. The molecule has 2 fully saturated rings. The topological polar surface area (TPSA) is 75.1 Å². The van der Waals surface area contributed by atoms with Crippen molar-refractivity contribution >= 4 is 17.2 Å². The Bertz CT molecular complexity index is 1050. The molecule has 2 unspecified atom stereocenters. The number of thiazole rings is 1. The van der Waals surface area contributed by atoms with E-state index in [2.05, 4.69) is 48.4 Å². The smallest absolute Gasteiger partial charge is 0.253 e. The number of nitrogens with one attached hydrogen (secondary N) is 2. The molecule has 3 aromatic heterocycles. The number of nitrogens with zero attached hydrogens (tertiary/aromatic N) is 4. The fraction of sp³-hybridized carbons (Fsp3) is 0.435. The van der Waals surface area contributed by atoms with E-state index < -0.39 is 0 Å². The van der Waals surface area contributed by atoms with Gasteiger partial charge in [0.25, 0.3) is 5.91 Å². The van der Waals surface area contributed by atoms with Crippen molar-refractivity contribution in [2.75, 3.05) is 13.2 Å². The maximum absolute atomic E-state index is 12.5. The van der Waals surface area contributed by atoms with E-state index in [9.17, 15) is 4.79 Å². The maximum atomic E-state index is 12.5. The lowest BCUT2D eigenvalue weighted by molar-refractivity contribution is 0.0942. The molecule has 0 aromatic carbocycles. The van der Waals surface area contributed by atoms with Gasteiger partial charge in [-0.2, -0.15) is 0 Å². The van der Waals surface area contributed by atoms with Crippen molar-refractivity contribution in [3.05, 3.63) is 65.2 Å². The molecule has 1 saturated heterocycles. The molecule has 1 aliphatic carbocycles. The van der Waals surface area contributed by atoms with Crippen LogP contribution in [0.2, 0.25) is 0 Å². The van der Waals surface area contributed by atoms with Gasteiger partial charge in [-0.25, -0.2) is 4.98 Å². The van der Waals surface area contributed by atoms with E-state index in [1.165, 1.54) is 18.5 Å². The van der Waals surface area contributed by atoms with Crippen molar-refractivity contribution in [3.8, 4) is 5.13 Å². The van der Waals surface area contributed by atoms with E-state index in [-0.39, 0.29) is 11.4 Å². The molecule has 7 nitrogen and oxygen atoms in total. The highest BCUT2D eigenvalue weighted by atomic mass is 32.1. The third kappa shape index (κ3) is 4.03. The molecule has 1 saturated carbocycles. The summed E-state index contributed by atoms with van der Waals surface area (Å²) in [5.74, 6) is -0.0780. The first kappa shape index (κ1) is 20.4. The molecule has 0 bridgehead atoms. The van der Waals surface area contributed by atoms with Gasteiger partial charge >= 0.3 is 0 Å². The van der Waals surface area contributed by atoms with Crippen LogP contribution in [-0.2, 0) is 6.54 Å². The van der Waals surface area contributed by atoms with Crippen LogP contribution in [0.5, 0.6) is 0 Å². The van der Waals surface area contributed by atoms with Crippen LogP contribution in [0.1, 0.15) is 47.3 Å². The lowest BCUT2D eigenvalue weighted by Crippen LogP contribution is -2.54. The SMILES string of the molecule is Cc1cncc(C(=O)NCNC23CCCC2N(Cc2cccn2-c2nccs2)CC3)c1. The number of fused-ring (bicyclic) bond motifs is 1. The normalized spacial score (nSPS) is 23.2. The number of hydrogen-bond donors (Lipinski definition) is 2. The number of likely N-dealkylation sites (tertiary alicyclic amines) is 1. The number of rotatable bonds is 7. The molecule has 5 rings (SSSR count). The molecule has 0 spiro atoms. The summed E-state index contributed by atoms with van der Waals surface area (Å²) in [5.41, 5.74) is 2.96.